The van der Waals surface area contributed by atoms with E-state index in [1.54, 1.807) is 18.7 Å². The van der Waals surface area contributed by atoms with Gasteiger partial charge in [0.15, 0.2) is 0 Å². The van der Waals surface area contributed by atoms with E-state index in [1.807, 2.05) is 0 Å². The van der Waals surface area contributed by atoms with Crippen LogP contribution in [-0.2, 0) is 18.4 Å². The van der Waals surface area contributed by atoms with E-state index in [0.717, 1.165) is 5.82 Å². The van der Waals surface area contributed by atoms with E-state index < -0.39 is 0 Å². The van der Waals surface area contributed by atoms with Crippen molar-refractivity contribution in [2.24, 2.45) is 12.8 Å². The van der Waals surface area contributed by atoms with Crippen molar-refractivity contribution in [1.82, 2.24) is 20.1 Å². The lowest BCUT2D eigenvalue weighted by molar-refractivity contribution is -0.119. The Bertz CT molecular complexity index is 295. The molecule has 1 unspecified atom stereocenters. The van der Waals surface area contributed by atoms with Crippen LogP contribution in [0.5, 0.6) is 0 Å². The third kappa shape index (κ3) is 2.51. The van der Waals surface area contributed by atoms with Gasteiger partial charge in [-0.1, -0.05) is 0 Å². The first-order valence-corrected chi connectivity index (χ1v) is 3.97. The number of aromatic nitrogens is 3. The molecule has 72 valence electrons. The first-order chi connectivity index (χ1) is 6.11. The molecule has 1 aromatic rings. The van der Waals surface area contributed by atoms with Crippen LogP contribution >= 0.6 is 0 Å². The molecule has 6 heteroatoms. The maximum absolute atomic E-state index is 10.7. The summed E-state index contributed by atoms with van der Waals surface area (Å²) in [4.78, 5) is 14.6. The highest BCUT2D eigenvalue weighted by Crippen LogP contribution is 1.90. The number of nitrogens with zero attached hydrogens (tertiary/aromatic N) is 3. The summed E-state index contributed by atoms with van der Waals surface area (Å²) >= 11 is 0. The summed E-state index contributed by atoms with van der Waals surface area (Å²) < 4.78 is 1.64. The Morgan fingerprint density at radius 2 is 2.54 bits per heavy atom. The van der Waals surface area contributed by atoms with Gasteiger partial charge in [0.25, 0.3) is 0 Å². The van der Waals surface area contributed by atoms with E-state index in [1.165, 1.54) is 6.33 Å². The van der Waals surface area contributed by atoms with Crippen molar-refractivity contribution in [1.29, 1.82) is 0 Å². The Labute approximate surface area is 76.1 Å². The number of nitrogens with one attached hydrogen (secondary N) is 1. The molecule has 0 saturated heterocycles. The lowest BCUT2D eigenvalue weighted by Crippen LogP contribution is -2.38. The van der Waals surface area contributed by atoms with Crippen LogP contribution in [0, 0.1) is 0 Å². The van der Waals surface area contributed by atoms with E-state index in [4.69, 9.17) is 5.73 Å². The van der Waals surface area contributed by atoms with Gasteiger partial charge in [-0.2, -0.15) is 5.10 Å². The zero-order chi connectivity index (χ0) is 9.84. The quantitative estimate of drug-likeness (QED) is 0.612. The molecule has 0 saturated carbocycles. The number of rotatable bonds is 4. The summed E-state index contributed by atoms with van der Waals surface area (Å²) in [5.74, 6) is 0.398. The Morgan fingerprint density at radius 1 is 1.85 bits per heavy atom. The average Bonchev–Trinajstić information content (AvgIpc) is 2.47. The molecule has 1 heterocycles. The Morgan fingerprint density at radius 3 is 3.00 bits per heavy atom. The maximum Gasteiger partial charge on any atom is 0.234 e. The fraction of sp³-hybridized carbons (Fsp3) is 0.571. The van der Waals surface area contributed by atoms with Gasteiger partial charge in [0.1, 0.15) is 12.2 Å². The number of primary amides is 1. The highest BCUT2D eigenvalue weighted by atomic mass is 16.1. The molecular formula is C7H13N5O. The number of hydrogen-bond acceptors (Lipinski definition) is 4. The van der Waals surface area contributed by atoms with Crippen molar-refractivity contribution in [3.63, 3.8) is 0 Å². The average molecular weight is 183 g/mol. The predicted molar refractivity (Wildman–Crippen MR) is 46.5 cm³/mol. The van der Waals surface area contributed by atoms with Crippen LogP contribution in [0.3, 0.4) is 0 Å². The van der Waals surface area contributed by atoms with Crippen LogP contribution in [0.25, 0.3) is 0 Å². The Hall–Kier alpha value is -1.43. The SMILES string of the molecule is CC(NCc1ncnn1C)C(N)=O. The molecule has 6 nitrogen and oxygen atoms in total. The molecule has 0 radical (unpaired) electrons. The van der Waals surface area contributed by atoms with E-state index in [9.17, 15) is 4.79 Å². The first-order valence-electron chi connectivity index (χ1n) is 3.97. The summed E-state index contributed by atoms with van der Waals surface area (Å²) in [5.41, 5.74) is 5.07. The summed E-state index contributed by atoms with van der Waals surface area (Å²) in [6, 6.07) is -0.350. The van der Waals surface area contributed by atoms with Crippen molar-refractivity contribution < 1.29 is 4.79 Å². The van der Waals surface area contributed by atoms with Crippen molar-refractivity contribution in [3.8, 4) is 0 Å². The molecule has 0 aliphatic heterocycles. The standard InChI is InChI=1S/C7H13N5O/c1-5(7(8)13)9-3-6-10-4-11-12(6)2/h4-5,9H,3H2,1-2H3,(H2,8,13). The van der Waals surface area contributed by atoms with Gasteiger partial charge in [0.05, 0.1) is 12.6 Å². The number of carbonyl (C=O) groups excluding carboxylic acids is 1. The van der Waals surface area contributed by atoms with Crippen molar-refractivity contribution >= 4 is 5.91 Å². The largest absolute Gasteiger partial charge is 0.368 e. The molecule has 1 atom stereocenters. The van der Waals surface area contributed by atoms with Crippen LogP contribution in [0.4, 0.5) is 0 Å². The molecule has 13 heavy (non-hydrogen) atoms. The van der Waals surface area contributed by atoms with E-state index in [0.29, 0.717) is 6.54 Å². The molecule has 0 bridgehead atoms. The fourth-order valence-electron chi connectivity index (χ4n) is 0.825. The monoisotopic (exact) mass is 183 g/mol. The molecule has 0 aromatic carbocycles. The third-order valence-corrected chi connectivity index (χ3v) is 1.80. The molecule has 0 fully saturated rings. The van der Waals surface area contributed by atoms with Crippen LogP contribution in [0.2, 0.25) is 0 Å². The highest BCUT2D eigenvalue weighted by molar-refractivity contribution is 5.79. The summed E-state index contributed by atoms with van der Waals surface area (Å²) in [6.45, 7) is 2.19. The van der Waals surface area contributed by atoms with E-state index >= 15 is 0 Å². The Kier molecular flexibility index (Phi) is 2.97. The van der Waals surface area contributed by atoms with Gasteiger partial charge < -0.3 is 5.73 Å². The minimum Gasteiger partial charge on any atom is -0.368 e. The molecule has 3 N–H and O–H groups in total. The second kappa shape index (κ2) is 3.99. The minimum atomic E-state index is -0.373. The lowest BCUT2D eigenvalue weighted by Gasteiger charge is -2.08. The Balaban J connectivity index is 2.44. The van der Waals surface area contributed by atoms with Crippen LogP contribution < -0.4 is 11.1 Å². The maximum atomic E-state index is 10.7. The molecule has 0 aliphatic carbocycles. The summed E-state index contributed by atoms with van der Waals surface area (Å²) in [7, 11) is 1.79. The summed E-state index contributed by atoms with van der Waals surface area (Å²) in [6.07, 6.45) is 1.46. The highest BCUT2D eigenvalue weighted by Gasteiger charge is 2.08. The van der Waals surface area contributed by atoms with Crippen molar-refractivity contribution in [2.45, 2.75) is 19.5 Å². The second-order valence-corrected chi connectivity index (χ2v) is 2.80. The number of amides is 1. The van der Waals surface area contributed by atoms with E-state index in [-0.39, 0.29) is 11.9 Å². The number of hydrogen-bond donors (Lipinski definition) is 2. The van der Waals surface area contributed by atoms with Gasteiger partial charge in [-0.25, -0.2) is 4.98 Å². The van der Waals surface area contributed by atoms with Crippen LogP contribution in [-0.4, -0.2) is 26.7 Å². The first kappa shape index (κ1) is 9.66. The van der Waals surface area contributed by atoms with Gasteiger partial charge in [-0.3, -0.25) is 14.8 Å². The fourth-order valence-corrected chi connectivity index (χ4v) is 0.825. The zero-order valence-corrected chi connectivity index (χ0v) is 7.69. The van der Waals surface area contributed by atoms with Crippen LogP contribution in [0.1, 0.15) is 12.7 Å². The van der Waals surface area contributed by atoms with Gasteiger partial charge in [-0.05, 0) is 6.92 Å². The molecular weight excluding hydrogens is 170 g/mol. The van der Waals surface area contributed by atoms with Gasteiger partial charge >= 0.3 is 0 Å². The molecule has 1 aromatic heterocycles. The second-order valence-electron chi connectivity index (χ2n) is 2.80. The van der Waals surface area contributed by atoms with Crippen molar-refractivity contribution in [3.05, 3.63) is 12.2 Å². The third-order valence-electron chi connectivity index (χ3n) is 1.80. The van der Waals surface area contributed by atoms with Crippen LogP contribution in [0.15, 0.2) is 6.33 Å². The smallest absolute Gasteiger partial charge is 0.234 e. The van der Waals surface area contributed by atoms with Gasteiger partial charge in [0, 0.05) is 7.05 Å². The molecule has 1 rings (SSSR count). The minimum absolute atomic E-state index is 0.350. The number of aryl methyl sites for hydroxylation is 1. The number of carbonyl (C=O) groups is 1. The van der Waals surface area contributed by atoms with Gasteiger partial charge in [0.2, 0.25) is 5.91 Å². The molecule has 0 aliphatic rings. The van der Waals surface area contributed by atoms with E-state index in [2.05, 4.69) is 15.4 Å². The molecule has 0 spiro atoms. The predicted octanol–water partition coefficient (Wildman–Crippen LogP) is -1.22. The lowest BCUT2D eigenvalue weighted by atomic mass is 10.3. The normalized spacial score (nSPS) is 12.8. The van der Waals surface area contributed by atoms with Crippen molar-refractivity contribution in [2.75, 3.05) is 0 Å². The zero-order valence-electron chi connectivity index (χ0n) is 7.69. The summed E-state index contributed by atoms with van der Waals surface area (Å²) in [5, 5.41) is 6.82. The van der Waals surface area contributed by atoms with Gasteiger partial charge in [-0.15, -0.1) is 0 Å². The molecule has 1 amide bonds. The topological polar surface area (TPSA) is 85.8 Å². The number of nitrogens with two attached hydrogens (primary N) is 1.